The van der Waals surface area contributed by atoms with Gasteiger partial charge in [-0.3, -0.25) is 0 Å². The highest BCUT2D eigenvalue weighted by atomic mass is 16.5. The maximum Gasteiger partial charge on any atom is 0.338 e. The van der Waals surface area contributed by atoms with E-state index in [4.69, 9.17) is 4.74 Å². The Hall–Kier alpha value is -1.51. The van der Waals surface area contributed by atoms with Gasteiger partial charge in [-0.25, -0.2) is 4.79 Å². The van der Waals surface area contributed by atoms with Crippen LogP contribution in [0.25, 0.3) is 0 Å². The number of esters is 1. The number of ether oxygens (including phenoxy) is 1. The lowest BCUT2D eigenvalue weighted by atomic mass is 9.98. The van der Waals surface area contributed by atoms with E-state index in [2.05, 4.69) is 0 Å². The summed E-state index contributed by atoms with van der Waals surface area (Å²) < 4.78 is 5.52. The number of benzene rings is 1. The second kappa shape index (κ2) is 6.43. The van der Waals surface area contributed by atoms with E-state index in [1.807, 2.05) is 0 Å². The number of phenols is 1. The zero-order chi connectivity index (χ0) is 12.8. The summed E-state index contributed by atoms with van der Waals surface area (Å²) in [5.74, 6) is -0.224. The van der Waals surface area contributed by atoms with Crippen molar-refractivity contribution in [2.75, 3.05) is 0 Å². The fraction of sp³-hybridized carbons (Fsp3) is 0.533. The first-order valence-electron chi connectivity index (χ1n) is 6.76. The largest absolute Gasteiger partial charge is 0.508 e. The molecule has 0 amide bonds. The van der Waals surface area contributed by atoms with Gasteiger partial charge in [0.15, 0.2) is 0 Å². The molecule has 0 bridgehead atoms. The van der Waals surface area contributed by atoms with Gasteiger partial charge in [0.1, 0.15) is 11.9 Å². The zero-order valence-electron chi connectivity index (χ0n) is 10.6. The maximum absolute atomic E-state index is 11.9. The Bertz CT molecular complexity index is 392. The van der Waals surface area contributed by atoms with Gasteiger partial charge in [0.2, 0.25) is 0 Å². The minimum atomic E-state index is -0.323. The molecule has 98 valence electrons. The van der Waals surface area contributed by atoms with E-state index in [9.17, 15) is 9.90 Å². The minimum absolute atomic E-state index is 0.0418. The molecule has 3 nitrogen and oxygen atoms in total. The van der Waals surface area contributed by atoms with Crippen molar-refractivity contribution in [1.82, 2.24) is 0 Å². The topological polar surface area (TPSA) is 46.5 Å². The number of hydrogen-bond donors (Lipinski definition) is 1. The van der Waals surface area contributed by atoms with E-state index in [1.165, 1.54) is 25.3 Å². The van der Waals surface area contributed by atoms with Crippen molar-refractivity contribution >= 4 is 5.97 Å². The zero-order valence-corrected chi connectivity index (χ0v) is 10.6. The first kappa shape index (κ1) is 12.9. The summed E-state index contributed by atoms with van der Waals surface area (Å²) in [6, 6.07) is 6.33. The quantitative estimate of drug-likeness (QED) is 0.812. The van der Waals surface area contributed by atoms with Crippen LogP contribution in [0.2, 0.25) is 0 Å². The van der Waals surface area contributed by atoms with Crippen LogP contribution in [-0.2, 0) is 4.74 Å². The van der Waals surface area contributed by atoms with Gasteiger partial charge in [-0.1, -0.05) is 25.3 Å². The third kappa shape index (κ3) is 3.76. The van der Waals surface area contributed by atoms with Gasteiger partial charge in [-0.2, -0.15) is 0 Å². The molecule has 0 atom stereocenters. The van der Waals surface area contributed by atoms with E-state index in [1.54, 1.807) is 18.2 Å². The Kier molecular flexibility index (Phi) is 4.62. The molecule has 0 unspecified atom stereocenters. The van der Waals surface area contributed by atoms with Crippen molar-refractivity contribution in [2.24, 2.45) is 0 Å². The summed E-state index contributed by atoms with van der Waals surface area (Å²) in [7, 11) is 0. The number of carbonyl (C=O) groups excluding carboxylic acids is 1. The number of carbonyl (C=O) groups is 1. The molecule has 1 N–H and O–H groups in total. The lowest BCUT2D eigenvalue weighted by molar-refractivity contribution is 0.0239. The van der Waals surface area contributed by atoms with Gasteiger partial charge in [0, 0.05) is 0 Å². The van der Waals surface area contributed by atoms with Gasteiger partial charge in [0.25, 0.3) is 0 Å². The third-order valence-corrected chi connectivity index (χ3v) is 3.41. The van der Waals surface area contributed by atoms with Crippen LogP contribution in [0.15, 0.2) is 24.3 Å². The second-order valence-electron chi connectivity index (χ2n) is 4.92. The summed E-state index contributed by atoms with van der Waals surface area (Å²) in [5.41, 5.74) is 0.428. The van der Waals surface area contributed by atoms with E-state index in [0.717, 1.165) is 25.7 Å². The van der Waals surface area contributed by atoms with Crippen LogP contribution in [0.5, 0.6) is 5.75 Å². The van der Waals surface area contributed by atoms with Crippen LogP contribution in [-0.4, -0.2) is 17.2 Å². The predicted octanol–water partition coefficient (Wildman–Crippen LogP) is 3.66. The van der Waals surface area contributed by atoms with E-state index < -0.39 is 0 Å². The summed E-state index contributed by atoms with van der Waals surface area (Å²) >= 11 is 0. The van der Waals surface area contributed by atoms with E-state index in [0.29, 0.717) is 5.56 Å². The summed E-state index contributed by atoms with van der Waals surface area (Å²) in [5, 5.41) is 9.34. The maximum atomic E-state index is 11.9. The highest BCUT2D eigenvalue weighted by Gasteiger charge is 2.17. The van der Waals surface area contributed by atoms with Gasteiger partial charge >= 0.3 is 5.97 Å². The van der Waals surface area contributed by atoms with Crippen LogP contribution in [0.1, 0.15) is 55.3 Å². The molecule has 3 heteroatoms. The molecule has 1 aromatic carbocycles. The average molecular weight is 248 g/mol. The second-order valence-corrected chi connectivity index (χ2v) is 4.92. The van der Waals surface area contributed by atoms with Gasteiger partial charge < -0.3 is 9.84 Å². The van der Waals surface area contributed by atoms with Gasteiger partial charge in [0.05, 0.1) is 5.56 Å². The van der Waals surface area contributed by atoms with E-state index in [-0.39, 0.29) is 17.8 Å². The highest BCUT2D eigenvalue weighted by molar-refractivity contribution is 5.89. The first-order chi connectivity index (χ1) is 8.75. The first-order valence-corrected chi connectivity index (χ1v) is 6.76. The van der Waals surface area contributed by atoms with Gasteiger partial charge in [-0.15, -0.1) is 0 Å². The predicted molar refractivity (Wildman–Crippen MR) is 69.6 cm³/mol. The molecule has 1 aromatic rings. The molecule has 1 saturated carbocycles. The summed E-state index contributed by atoms with van der Waals surface area (Å²) in [6.45, 7) is 0. The number of aromatic hydroxyl groups is 1. The molecule has 2 rings (SSSR count). The number of phenolic OH excluding ortho intramolecular Hbond substituents is 1. The van der Waals surface area contributed by atoms with E-state index >= 15 is 0 Å². The van der Waals surface area contributed by atoms with Crippen molar-refractivity contribution < 1.29 is 14.6 Å². The molecule has 1 aliphatic carbocycles. The Balaban J connectivity index is 1.93. The molecule has 1 fully saturated rings. The van der Waals surface area contributed by atoms with Crippen LogP contribution in [0.3, 0.4) is 0 Å². The fourth-order valence-corrected chi connectivity index (χ4v) is 2.39. The summed E-state index contributed by atoms with van der Waals surface area (Å²) in [6.07, 6.45) is 8.01. The number of hydrogen-bond acceptors (Lipinski definition) is 3. The van der Waals surface area contributed by atoms with Crippen LogP contribution in [0.4, 0.5) is 0 Å². The number of rotatable bonds is 2. The van der Waals surface area contributed by atoms with Crippen molar-refractivity contribution in [2.45, 2.75) is 51.0 Å². The molecule has 0 radical (unpaired) electrons. The molecule has 18 heavy (non-hydrogen) atoms. The lowest BCUT2D eigenvalue weighted by Gasteiger charge is -2.20. The molecule has 0 spiro atoms. The van der Waals surface area contributed by atoms with Crippen molar-refractivity contribution in [3.63, 3.8) is 0 Å². The molecule has 0 aromatic heterocycles. The highest BCUT2D eigenvalue weighted by Crippen LogP contribution is 2.21. The SMILES string of the molecule is O=C(OC1CCCCCCC1)c1cccc(O)c1. The smallest absolute Gasteiger partial charge is 0.338 e. The monoisotopic (exact) mass is 248 g/mol. The standard InChI is InChI=1S/C15H20O3/c16-13-8-6-7-12(11-13)15(17)18-14-9-4-2-1-3-5-10-14/h6-8,11,14,16H,1-5,9-10H2. The molecule has 0 aliphatic heterocycles. The molecule has 1 aliphatic rings. The van der Waals surface area contributed by atoms with Crippen LogP contribution < -0.4 is 0 Å². The average Bonchev–Trinajstić information content (AvgIpc) is 2.32. The molecular weight excluding hydrogens is 228 g/mol. The normalized spacial score (nSPS) is 17.8. The van der Waals surface area contributed by atoms with Crippen molar-refractivity contribution in [3.05, 3.63) is 29.8 Å². The third-order valence-electron chi connectivity index (χ3n) is 3.41. The van der Waals surface area contributed by atoms with Crippen LogP contribution in [0, 0.1) is 0 Å². The van der Waals surface area contributed by atoms with Crippen molar-refractivity contribution in [3.8, 4) is 5.75 Å². The molecular formula is C15H20O3. The summed E-state index contributed by atoms with van der Waals surface area (Å²) in [4.78, 5) is 11.9. The lowest BCUT2D eigenvalue weighted by Crippen LogP contribution is -2.19. The fourth-order valence-electron chi connectivity index (χ4n) is 2.39. The Morgan fingerprint density at radius 1 is 1.11 bits per heavy atom. The Morgan fingerprint density at radius 2 is 1.78 bits per heavy atom. The Labute approximate surface area is 108 Å². The van der Waals surface area contributed by atoms with Crippen LogP contribution >= 0.6 is 0 Å². The molecule has 0 heterocycles. The Morgan fingerprint density at radius 3 is 2.44 bits per heavy atom. The molecule has 0 saturated heterocycles. The van der Waals surface area contributed by atoms with Crippen molar-refractivity contribution in [1.29, 1.82) is 0 Å². The minimum Gasteiger partial charge on any atom is -0.508 e. The van der Waals surface area contributed by atoms with Gasteiger partial charge in [-0.05, 0) is 43.9 Å².